The largest absolute Gasteiger partial charge is 0.314 e. The normalized spacial score (nSPS) is 38.5. The third kappa shape index (κ3) is 2.11. The summed E-state index contributed by atoms with van der Waals surface area (Å²) in [5.41, 5.74) is 2.62. The van der Waals surface area contributed by atoms with Crippen LogP contribution in [0.15, 0.2) is 6.20 Å². The average molecular weight is 273 g/mol. The van der Waals surface area contributed by atoms with E-state index in [0.29, 0.717) is 0 Å². The van der Waals surface area contributed by atoms with Crippen molar-refractivity contribution < 1.29 is 0 Å². The molecule has 1 heterocycles. The summed E-state index contributed by atoms with van der Waals surface area (Å²) in [6.07, 6.45) is 12.0. The van der Waals surface area contributed by atoms with Crippen molar-refractivity contribution in [2.75, 3.05) is 6.54 Å². The van der Waals surface area contributed by atoms with Crippen molar-refractivity contribution in [1.29, 1.82) is 0 Å². The smallest absolute Gasteiger partial charge is 0.0522 e. The van der Waals surface area contributed by atoms with E-state index in [1.165, 1.54) is 56.3 Å². The van der Waals surface area contributed by atoms with E-state index >= 15 is 0 Å². The second-order valence-electron chi connectivity index (χ2n) is 7.34. The zero-order chi connectivity index (χ0) is 13.5. The molecule has 1 aromatic heterocycles. The van der Waals surface area contributed by atoms with Crippen molar-refractivity contribution >= 4 is 0 Å². The van der Waals surface area contributed by atoms with Gasteiger partial charge in [0.15, 0.2) is 0 Å². The first-order valence-electron chi connectivity index (χ1n) is 8.55. The lowest BCUT2D eigenvalue weighted by atomic mass is 9.79. The van der Waals surface area contributed by atoms with Gasteiger partial charge in [-0.2, -0.15) is 5.10 Å². The summed E-state index contributed by atoms with van der Waals surface area (Å²) >= 11 is 0. The number of hydrogen-bond acceptors (Lipinski definition) is 2. The highest BCUT2D eigenvalue weighted by atomic mass is 15.1. The predicted molar refractivity (Wildman–Crippen MR) is 80.5 cm³/mol. The molecule has 3 aliphatic rings. The minimum atomic E-state index is 0.838. The summed E-state index contributed by atoms with van der Waals surface area (Å²) < 4.78 is 0. The van der Waals surface area contributed by atoms with E-state index in [1.807, 2.05) is 6.20 Å². The Hall–Kier alpha value is -0.830. The van der Waals surface area contributed by atoms with Gasteiger partial charge in [0.05, 0.1) is 6.20 Å². The van der Waals surface area contributed by atoms with Crippen LogP contribution in [0.2, 0.25) is 0 Å². The van der Waals surface area contributed by atoms with E-state index in [4.69, 9.17) is 0 Å². The van der Waals surface area contributed by atoms with Crippen LogP contribution in [-0.2, 0) is 6.42 Å². The van der Waals surface area contributed by atoms with E-state index in [1.54, 1.807) is 0 Å². The van der Waals surface area contributed by atoms with Gasteiger partial charge in [0.25, 0.3) is 0 Å². The Morgan fingerprint density at radius 1 is 1.25 bits per heavy atom. The molecule has 4 rings (SSSR count). The highest BCUT2D eigenvalue weighted by Gasteiger charge is 2.53. The molecule has 5 unspecified atom stereocenters. The number of aromatic nitrogens is 2. The van der Waals surface area contributed by atoms with Gasteiger partial charge in [-0.1, -0.05) is 6.42 Å². The molecule has 110 valence electrons. The van der Waals surface area contributed by atoms with Crippen molar-refractivity contribution in [2.24, 2.45) is 23.7 Å². The van der Waals surface area contributed by atoms with Crippen LogP contribution in [-0.4, -0.2) is 22.8 Å². The number of nitrogens with one attached hydrogen (secondary N) is 2. The molecule has 3 aliphatic carbocycles. The molecule has 0 aliphatic heterocycles. The maximum Gasteiger partial charge on any atom is 0.0522 e. The summed E-state index contributed by atoms with van der Waals surface area (Å²) in [5.74, 6) is 4.29. The summed E-state index contributed by atoms with van der Waals surface area (Å²) in [4.78, 5) is 0. The van der Waals surface area contributed by atoms with Crippen LogP contribution < -0.4 is 5.32 Å². The second-order valence-corrected chi connectivity index (χ2v) is 7.34. The quantitative estimate of drug-likeness (QED) is 0.810. The van der Waals surface area contributed by atoms with Gasteiger partial charge in [-0.25, -0.2) is 0 Å². The molecule has 0 radical (unpaired) electrons. The van der Waals surface area contributed by atoms with Gasteiger partial charge < -0.3 is 5.32 Å². The molecule has 2 bridgehead atoms. The fourth-order valence-electron chi connectivity index (χ4n) is 5.50. The zero-order valence-corrected chi connectivity index (χ0v) is 12.6. The summed E-state index contributed by atoms with van der Waals surface area (Å²) in [6.45, 7) is 3.29. The SMILES string of the molecule is Cc1[nH]ncc1CCCNC1CC2CC1C1CCCC21. The van der Waals surface area contributed by atoms with E-state index in [-0.39, 0.29) is 0 Å². The molecule has 3 saturated carbocycles. The van der Waals surface area contributed by atoms with Crippen molar-refractivity contribution in [3.05, 3.63) is 17.5 Å². The maximum absolute atomic E-state index is 4.10. The van der Waals surface area contributed by atoms with Gasteiger partial charge in [0, 0.05) is 11.7 Å². The molecule has 0 amide bonds. The number of nitrogens with zero attached hydrogens (tertiary/aromatic N) is 1. The highest BCUT2D eigenvalue weighted by Crippen LogP contribution is 2.58. The summed E-state index contributed by atoms with van der Waals surface area (Å²) in [6, 6.07) is 0.838. The lowest BCUT2D eigenvalue weighted by Gasteiger charge is -2.32. The Bertz CT molecular complexity index is 467. The van der Waals surface area contributed by atoms with Gasteiger partial charge >= 0.3 is 0 Å². The van der Waals surface area contributed by atoms with Crippen LogP contribution in [0.25, 0.3) is 0 Å². The molecule has 3 heteroatoms. The lowest BCUT2D eigenvalue weighted by molar-refractivity contribution is 0.209. The second kappa shape index (κ2) is 5.18. The molecule has 1 aromatic rings. The van der Waals surface area contributed by atoms with Crippen LogP contribution >= 0.6 is 0 Å². The van der Waals surface area contributed by atoms with Crippen molar-refractivity contribution in [3.8, 4) is 0 Å². The number of hydrogen-bond donors (Lipinski definition) is 2. The van der Waals surface area contributed by atoms with E-state index in [0.717, 1.165) is 36.1 Å². The Morgan fingerprint density at radius 3 is 3.00 bits per heavy atom. The minimum absolute atomic E-state index is 0.838. The molecule has 3 fully saturated rings. The molecular weight excluding hydrogens is 246 g/mol. The Labute approximate surface area is 121 Å². The molecule has 5 atom stereocenters. The fourth-order valence-corrected chi connectivity index (χ4v) is 5.50. The standard InChI is InChI=1S/C17H27N3/c1-11-12(10-19-20-11)4-3-7-18-17-9-13-8-16(17)15-6-2-5-14(13)15/h10,13-18H,2-9H2,1H3,(H,19,20). The fraction of sp³-hybridized carbons (Fsp3) is 0.824. The van der Waals surface area contributed by atoms with E-state index < -0.39 is 0 Å². The van der Waals surface area contributed by atoms with Crippen molar-refractivity contribution in [2.45, 2.75) is 57.9 Å². The van der Waals surface area contributed by atoms with Gasteiger partial charge in [-0.05, 0) is 81.2 Å². The Balaban J connectivity index is 1.24. The highest BCUT2D eigenvalue weighted by molar-refractivity contribution is 5.14. The van der Waals surface area contributed by atoms with Crippen LogP contribution in [0.4, 0.5) is 0 Å². The van der Waals surface area contributed by atoms with E-state index in [2.05, 4.69) is 22.4 Å². The Morgan fingerprint density at radius 2 is 2.15 bits per heavy atom. The average Bonchev–Trinajstić information content (AvgIpc) is 3.17. The predicted octanol–water partition coefficient (Wildman–Crippen LogP) is 3.07. The van der Waals surface area contributed by atoms with Crippen LogP contribution in [0, 0.1) is 30.6 Å². The number of H-pyrrole nitrogens is 1. The summed E-state index contributed by atoms with van der Waals surface area (Å²) in [7, 11) is 0. The first-order chi connectivity index (χ1) is 9.83. The minimum Gasteiger partial charge on any atom is -0.314 e. The first kappa shape index (κ1) is 12.9. The Kier molecular flexibility index (Phi) is 3.33. The lowest BCUT2D eigenvalue weighted by Crippen LogP contribution is -2.39. The van der Waals surface area contributed by atoms with Crippen molar-refractivity contribution in [3.63, 3.8) is 0 Å². The third-order valence-electron chi connectivity index (χ3n) is 6.39. The first-order valence-corrected chi connectivity index (χ1v) is 8.55. The van der Waals surface area contributed by atoms with Gasteiger partial charge in [0.2, 0.25) is 0 Å². The molecule has 2 N–H and O–H groups in total. The van der Waals surface area contributed by atoms with Gasteiger partial charge in [-0.3, -0.25) is 5.10 Å². The molecule has 20 heavy (non-hydrogen) atoms. The molecule has 0 saturated heterocycles. The van der Waals surface area contributed by atoms with Crippen LogP contribution in [0.3, 0.4) is 0 Å². The van der Waals surface area contributed by atoms with Crippen molar-refractivity contribution in [1.82, 2.24) is 15.5 Å². The third-order valence-corrected chi connectivity index (χ3v) is 6.39. The van der Waals surface area contributed by atoms with Gasteiger partial charge in [0.1, 0.15) is 0 Å². The van der Waals surface area contributed by atoms with Gasteiger partial charge in [-0.15, -0.1) is 0 Å². The van der Waals surface area contributed by atoms with E-state index in [9.17, 15) is 0 Å². The maximum atomic E-state index is 4.10. The molecular formula is C17H27N3. The topological polar surface area (TPSA) is 40.7 Å². The molecule has 3 nitrogen and oxygen atoms in total. The number of fused-ring (bicyclic) bond motifs is 5. The summed E-state index contributed by atoms with van der Waals surface area (Å²) in [5, 5.41) is 11.0. The number of rotatable bonds is 5. The van der Waals surface area contributed by atoms with Crippen LogP contribution in [0.1, 0.15) is 49.8 Å². The molecule has 0 spiro atoms. The van der Waals surface area contributed by atoms with Crippen LogP contribution in [0.5, 0.6) is 0 Å². The molecule has 0 aromatic carbocycles. The number of aryl methyl sites for hydroxylation is 2. The number of aromatic amines is 1. The zero-order valence-electron chi connectivity index (χ0n) is 12.6. The monoisotopic (exact) mass is 273 g/mol.